The van der Waals surface area contributed by atoms with Crippen LogP contribution in [0.15, 0.2) is 10.1 Å². The molecule has 0 bridgehead atoms. The molecule has 27 heavy (non-hydrogen) atoms. The second-order valence-electron chi connectivity index (χ2n) is 7.48. The van der Waals surface area contributed by atoms with E-state index in [2.05, 4.69) is 58.7 Å². The van der Waals surface area contributed by atoms with Gasteiger partial charge in [0.2, 0.25) is 0 Å². The Bertz CT molecular complexity index is 587. The van der Waals surface area contributed by atoms with Gasteiger partial charge < -0.3 is 15.2 Å². The Hall–Kier alpha value is -0.890. The monoisotopic (exact) mass is 412 g/mol. The van der Waals surface area contributed by atoms with Gasteiger partial charge in [-0.3, -0.25) is 4.99 Å². The Morgan fingerprint density at radius 3 is 2.74 bits per heavy atom. The summed E-state index contributed by atoms with van der Waals surface area (Å²) < 4.78 is 2.27. The van der Waals surface area contributed by atoms with E-state index >= 15 is 0 Å². The Labute approximate surface area is 173 Å². The van der Waals surface area contributed by atoms with Gasteiger partial charge in [-0.05, 0) is 51.0 Å². The van der Waals surface area contributed by atoms with Gasteiger partial charge >= 0.3 is 0 Å². The molecule has 1 aromatic heterocycles. The molecule has 1 heterocycles. The first-order chi connectivity index (χ1) is 13.1. The molecular weight excluding hydrogens is 376 g/mol. The number of aryl methyl sites for hydroxylation is 1. The fraction of sp³-hybridized carbons (Fsp3) is 0.842. The summed E-state index contributed by atoms with van der Waals surface area (Å²) in [7, 11) is 0. The van der Waals surface area contributed by atoms with E-state index in [1.54, 1.807) is 11.8 Å². The second kappa shape index (κ2) is 11.8. The van der Waals surface area contributed by atoms with E-state index in [1.165, 1.54) is 19.3 Å². The molecule has 6 nitrogen and oxygen atoms in total. The zero-order valence-corrected chi connectivity index (χ0v) is 19.1. The first-order valence-electron chi connectivity index (χ1n) is 10.1. The number of thioether (sulfide) groups is 2. The highest BCUT2D eigenvalue weighted by Crippen LogP contribution is 2.28. The predicted molar refractivity (Wildman–Crippen MR) is 119 cm³/mol. The van der Waals surface area contributed by atoms with Crippen molar-refractivity contribution in [1.29, 1.82) is 0 Å². The highest BCUT2D eigenvalue weighted by Gasteiger charge is 2.24. The van der Waals surface area contributed by atoms with E-state index in [-0.39, 0.29) is 0 Å². The topological polar surface area (TPSA) is 67.1 Å². The van der Waals surface area contributed by atoms with Crippen LogP contribution in [0.4, 0.5) is 0 Å². The van der Waals surface area contributed by atoms with E-state index in [4.69, 9.17) is 4.99 Å². The average molecular weight is 413 g/mol. The normalized spacial score (nSPS) is 20.4. The number of guanidine groups is 1. The lowest BCUT2D eigenvalue weighted by Gasteiger charge is -2.17. The minimum atomic E-state index is 0.554. The van der Waals surface area contributed by atoms with Crippen LogP contribution in [-0.4, -0.2) is 57.6 Å². The predicted octanol–water partition coefficient (Wildman–Crippen LogP) is 3.43. The number of aromatic nitrogens is 3. The number of rotatable bonds is 10. The molecule has 0 radical (unpaired) electrons. The number of aliphatic imine (C=N–C) groups is 1. The SMILES string of the molecule is CCNC(=NCCCc1nnc(SC)n1CC(C)C)NC1CCC(SC)C1. The molecule has 0 aliphatic heterocycles. The highest BCUT2D eigenvalue weighted by molar-refractivity contribution is 7.99. The average Bonchev–Trinajstić information content (AvgIpc) is 3.25. The van der Waals surface area contributed by atoms with Crippen molar-refractivity contribution in [2.24, 2.45) is 10.9 Å². The van der Waals surface area contributed by atoms with Crippen LogP contribution in [0, 0.1) is 5.92 Å². The van der Waals surface area contributed by atoms with Gasteiger partial charge in [0.15, 0.2) is 11.1 Å². The molecule has 1 fully saturated rings. The molecule has 1 aromatic rings. The van der Waals surface area contributed by atoms with E-state index < -0.39 is 0 Å². The summed E-state index contributed by atoms with van der Waals surface area (Å²) >= 11 is 3.66. The molecule has 0 saturated heterocycles. The molecule has 1 aliphatic carbocycles. The molecule has 2 unspecified atom stereocenters. The van der Waals surface area contributed by atoms with Gasteiger partial charge in [-0.1, -0.05) is 25.6 Å². The Morgan fingerprint density at radius 2 is 2.11 bits per heavy atom. The van der Waals surface area contributed by atoms with Gasteiger partial charge in [0, 0.05) is 37.3 Å². The summed E-state index contributed by atoms with van der Waals surface area (Å²) in [5, 5.41) is 17.5. The fourth-order valence-corrected chi connectivity index (χ4v) is 4.75. The van der Waals surface area contributed by atoms with Crippen LogP contribution >= 0.6 is 23.5 Å². The summed E-state index contributed by atoms with van der Waals surface area (Å²) in [6.45, 7) is 9.26. The third kappa shape index (κ3) is 7.22. The third-order valence-electron chi connectivity index (χ3n) is 4.76. The summed E-state index contributed by atoms with van der Waals surface area (Å²) in [5.74, 6) is 2.63. The molecule has 1 saturated carbocycles. The van der Waals surface area contributed by atoms with Crippen LogP contribution in [0.5, 0.6) is 0 Å². The van der Waals surface area contributed by atoms with Crippen molar-refractivity contribution in [3.8, 4) is 0 Å². The summed E-state index contributed by atoms with van der Waals surface area (Å²) in [6, 6.07) is 0.554. The molecule has 0 amide bonds. The minimum Gasteiger partial charge on any atom is -0.357 e. The Morgan fingerprint density at radius 1 is 1.30 bits per heavy atom. The van der Waals surface area contributed by atoms with E-state index in [0.29, 0.717) is 12.0 Å². The lowest BCUT2D eigenvalue weighted by Crippen LogP contribution is -2.42. The lowest BCUT2D eigenvalue weighted by molar-refractivity contribution is 0.477. The molecule has 2 atom stereocenters. The van der Waals surface area contributed by atoms with Crippen LogP contribution in [-0.2, 0) is 13.0 Å². The first-order valence-corrected chi connectivity index (χ1v) is 12.6. The standard InChI is InChI=1S/C19H36N6S2/c1-6-20-18(22-15-9-10-16(12-15)26-4)21-11-7-8-17-23-24-19(27-5)25(17)13-14(2)3/h14-16H,6-13H2,1-5H3,(H2,20,21,22). The molecular formula is C19H36N6S2. The third-order valence-corrected chi connectivity index (χ3v) is 6.52. The van der Waals surface area contributed by atoms with Crippen molar-refractivity contribution in [3.63, 3.8) is 0 Å². The van der Waals surface area contributed by atoms with E-state index in [9.17, 15) is 0 Å². The summed E-state index contributed by atoms with van der Waals surface area (Å²) in [5.41, 5.74) is 0. The number of hydrogen-bond donors (Lipinski definition) is 2. The molecule has 2 N–H and O–H groups in total. The zero-order valence-electron chi connectivity index (χ0n) is 17.5. The van der Waals surface area contributed by atoms with Gasteiger partial charge in [0.25, 0.3) is 0 Å². The van der Waals surface area contributed by atoms with Gasteiger partial charge in [0.1, 0.15) is 5.82 Å². The fourth-order valence-electron chi connectivity index (χ4n) is 3.43. The number of hydrogen-bond acceptors (Lipinski definition) is 5. The zero-order chi connectivity index (χ0) is 19.6. The first kappa shape index (κ1) is 22.4. The molecule has 8 heteroatoms. The lowest BCUT2D eigenvalue weighted by atomic mass is 10.2. The molecule has 2 rings (SSSR count). The van der Waals surface area contributed by atoms with Crippen LogP contribution in [0.2, 0.25) is 0 Å². The molecule has 1 aliphatic rings. The molecule has 0 aromatic carbocycles. The van der Waals surface area contributed by atoms with Crippen LogP contribution in [0.25, 0.3) is 0 Å². The van der Waals surface area contributed by atoms with Crippen molar-refractivity contribution in [3.05, 3.63) is 5.82 Å². The quantitative estimate of drug-likeness (QED) is 0.266. The molecule has 154 valence electrons. The van der Waals surface area contributed by atoms with Gasteiger partial charge in [-0.2, -0.15) is 11.8 Å². The number of nitrogens with zero attached hydrogens (tertiary/aromatic N) is 4. The second-order valence-corrected chi connectivity index (χ2v) is 9.40. The van der Waals surface area contributed by atoms with Crippen molar-refractivity contribution >= 4 is 29.5 Å². The highest BCUT2D eigenvalue weighted by atomic mass is 32.2. The van der Waals surface area contributed by atoms with Crippen molar-refractivity contribution in [2.45, 2.75) is 75.9 Å². The van der Waals surface area contributed by atoms with Crippen LogP contribution < -0.4 is 10.6 Å². The van der Waals surface area contributed by atoms with Crippen LogP contribution in [0.1, 0.15) is 52.3 Å². The van der Waals surface area contributed by atoms with Crippen LogP contribution in [0.3, 0.4) is 0 Å². The van der Waals surface area contributed by atoms with E-state index in [0.717, 1.165) is 54.7 Å². The largest absolute Gasteiger partial charge is 0.357 e. The van der Waals surface area contributed by atoms with Gasteiger partial charge in [-0.25, -0.2) is 0 Å². The maximum Gasteiger partial charge on any atom is 0.191 e. The maximum absolute atomic E-state index is 4.79. The van der Waals surface area contributed by atoms with Crippen molar-refractivity contribution < 1.29 is 0 Å². The van der Waals surface area contributed by atoms with Crippen molar-refractivity contribution in [2.75, 3.05) is 25.6 Å². The number of nitrogens with one attached hydrogen (secondary N) is 2. The Balaban J connectivity index is 1.86. The Kier molecular flexibility index (Phi) is 9.82. The van der Waals surface area contributed by atoms with Gasteiger partial charge in [0.05, 0.1) is 0 Å². The summed E-state index contributed by atoms with van der Waals surface area (Å²) in [4.78, 5) is 4.79. The maximum atomic E-state index is 4.79. The summed E-state index contributed by atoms with van der Waals surface area (Å²) in [6.07, 6.45) is 9.97. The molecule has 0 spiro atoms. The smallest absolute Gasteiger partial charge is 0.191 e. The van der Waals surface area contributed by atoms with E-state index in [1.807, 2.05) is 11.8 Å². The minimum absolute atomic E-state index is 0.554. The van der Waals surface area contributed by atoms with Gasteiger partial charge in [-0.15, -0.1) is 10.2 Å². The van der Waals surface area contributed by atoms with Crippen molar-refractivity contribution in [1.82, 2.24) is 25.4 Å².